The lowest BCUT2D eigenvalue weighted by molar-refractivity contribution is -0.140. The van der Waals surface area contributed by atoms with Gasteiger partial charge in [-0.05, 0) is 56.2 Å². The number of phenolic OH excluding ortho intramolecular Hbond substituents is 1. The lowest BCUT2D eigenvalue weighted by Crippen LogP contribution is -2.36. The third-order valence-electron chi connectivity index (χ3n) is 7.46. The van der Waals surface area contributed by atoms with E-state index in [1.807, 2.05) is 0 Å². The number of halogens is 3. The smallest absolute Gasteiger partial charge is 0.420 e. The molecule has 1 aromatic carbocycles. The highest BCUT2D eigenvalue weighted by Gasteiger charge is 2.40. The van der Waals surface area contributed by atoms with Crippen LogP contribution in [-0.4, -0.2) is 59.0 Å². The molecule has 7 atom stereocenters. The van der Waals surface area contributed by atoms with Gasteiger partial charge in [0.1, 0.15) is 23.7 Å². The lowest BCUT2D eigenvalue weighted by atomic mass is 9.85. The normalized spacial score (nSPS) is 31.2. The summed E-state index contributed by atoms with van der Waals surface area (Å²) < 4.78 is 52.5. The maximum Gasteiger partial charge on any atom is 0.420 e. The summed E-state index contributed by atoms with van der Waals surface area (Å²) in [4.78, 5) is 36.4. The van der Waals surface area contributed by atoms with Crippen LogP contribution in [0, 0.1) is 17.8 Å². The Morgan fingerprint density at radius 2 is 1.83 bits per heavy atom. The maximum atomic E-state index is 14.0. The molecule has 2 rings (SSSR count). The standard InChI is InChI=1S/C29H39F3N2O8/c1-14-7-6-8-18(13-35)26(42-28(33)40)17(4)9-15(2)25(38)22(41-5)10-16(3)24(37)20-11-19(34-27(14)39)12-21(36)23(20)29(30,31)32/h7,9,11-13,15-16,18,22,24-26,36-38H,6,8,10H2,1-5H3,(H2,33,40)(H,34,39)/b14-7+,17-9+/t15-,16-,18+,22-,24+,25+,26-/m0/s1. The summed E-state index contributed by atoms with van der Waals surface area (Å²) in [5, 5.41) is 34.9. The number of amides is 2. The first-order valence-corrected chi connectivity index (χ1v) is 13.4. The Balaban J connectivity index is 2.66. The summed E-state index contributed by atoms with van der Waals surface area (Å²) in [6.07, 6.45) is -7.28. The molecule has 0 spiro atoms. The minimum atomic E-state index is -5.02. The Labute approximate surface area is 242 Å². The van der Waals surface area contributed by atoms with Crippen molar-refractivity contribution in [1.82, 2.24) is 0 Å². The molecule has 10 nitrogen and oxygen atoms in total. The van der Waals surface area contributed by atoms with Gasteiger partial charge in [-0.15, -0.1) is 0 Å². The number of fused-ring (bicyclic) bond motifs is 2. The average Bonchev–Trinajstić information content (AvgIpc) is 2.89. The van der Waals surface area contributed by atoms with Gasteiger partial charge in [0.25, 0.3) is 5.91 Å². The van der Waals surface area contributed by atoms with Crippen LogP contribution in [-0.2, 0) is 25.2 Å². The fraction of sp³-hybridized carbons (Fsp3) is 0.552. The van der Waals surface area contributed by atoms with Crippen LogP contribution in [0.25, 0.3) is 0 Å². The van der Waals surface area contributed by atoms with Crippen LogP contribution in [0.1, 0.15) is 64.2 Å². The number of rotatable bonds is 3. The molecule has 1 aliphatic heterocycles. The molecule has 2 amide bonds. The van der Waals surface area contributed by atoms with Crippen molar-refractivity contribution in [1.29, 1.82) is 0 Å². The fourth-order valence-electron chi connectivity index (χ4n) is 5.14. The van der Waals surface area contributed by atoms with Crippen LogP contribution < -0.4 is 11.1 Å². The number of nitrogens with two attached hydrogens (primary N) is 1. The number of aliphatic hydroxyl groups excluding tert-OH is 2. The highest BCUT2D eigenvalue weighted by Crippen LogP contribution is 2.44. The lowest BCUT2D eigenvalue weighted by Gasteiger charge is -2.31. The molecule has 13 heteroatoms. The number of aldehydes is 1. The van der Waals surface area contributed by atoms with Gasteiger partial charge in [-0.1, -0.05) is 26.0 Å². The number of primary amides is 1. The van der Waals surface area contributed by atoms with Crippen LogP contribution in [0.15, 0.2) is 35.4 Å². The highest BCUT2D eigenvalue weighted by atomic mass is 19.4. The number of ether oxygens (including phenoxy) is 2. The van der Waals surface area contributed by atoms with Crippen molar-refractivity contribution >= 4 is 24.0 Å². The summed E-state index contributed by atoms with van der Waals surface area (Å²) in [6, 6.07) is 1.69. The number of nitrogens with one attached hydrogen (secondary N) is 1. The number of hydrogen-bond donors (Lipinski definition) is 5. The summed E-state index contributed by atoms with van der Waals surface area (Å²) in [6.45, 7) is 6.13. The van der Waals surface area contributed by atoms with E-state index in [0.717, 1.165) is 12.1 Å². The van der Waals surface area contributed by atoms with Gasteiger partial charge in [0.05, 0.1) is 24.2 Å². The highest BCUT2D eigenvalue weighted by molar-refractivity contribution is 6.03. The molecule has 234 valence electrons. The zero-order chi connectivity index (χ0) is 31.9. The van der Waals surface area contributed by atoms with E-state index >= 15 is 0 Å². The largest absolute Gasteiger partial charge is 0.507 e. The van der Waals surface area contributed by atoms with Crippen molar-refractivity contribution in [2.75, 3.05) is 12.4 Å². The number of alkyl halides is 3. The summed E-state index contributed by atoms with van der Waals surface area (Å²) in [7, 11) is 1.30. The quantitative estimate of drug-likeness (QED) is 0.251. The molecule has 0 radical (unpaired) electrons. The van der Waals surface area contributed by atoms with Gasteiger partial charge in [-0.25, -0.2) is 4.79 Å². The van der Waals surface area contributed by atoms with Gasteiger partial charge in [-0.3, -0.25) is 4.79 Å². The molecule has 6 N–H and O–H groups in total. The number of phenols is 1. The molecule has 2 bridgehead atoms. The third kappa shape index (κ3) is 8.79. The van der Waals surface area contributed by atoms with Gasteiger partial charge in [0, 0.05) is 30.4 Å². The average molecular weight is 601 g/mol. The first-order valence-electron chi connectivity index (χ1n) is 13.4. The van der Waals surface area contributed by atoms with Crippen LogP contribution in [0.5, 0.6) is 5.75 Å². The number of methoxy groups -OCH3 is 1. The summed E-state index contributed by atoms with van der Waals surface area (Å²) in [5.41, 5.74) is 3.54. The number of anilines is 1. The molecule has 0 saturated heterocycles. The number of allylic oxidation sites excluding steroid dienone is 1. The number of benzene rings is 1. The predicted octanol–water partition coefficient (Wildman–Crippen LogP) is 4.39. The van der Waals surface area contributed by atoms with Crippen molar-refractivity contribution in [2.45, 2.75) is 77.5 Å². The molecular weight excluding hydrogens is 561 g/mol. The summed E-state index contributed by atoms with van der Waals surface area (Å²) >= 11 is 0. The number of carbonyl (C=O) groups is 3. The molecule has 1 aliphatic rings. The zero-order valence-electron chi connectivity index (χ0n) is 24.1. The van der Waals surface area contributed by atoms with Gasteiger partial charge >= 0.3 is 12.3 Å². The molecule has 1 aromatic rings. The molecule has 42 heavy (non-hydrogen) atoms. The zero-order valence-corrected chi connectivity index (χ0v) is 24.1. The Hall–Kier alpha value is -3.42. The van der Waals surface area contributed by atoms with Gasteiger partial charge in [-0.2, -0.15) is 13.2 Å². The molecule has 0 fully saturated rings. The first kappa shape index (κ1) is 34.8. The van der Waals surface area contributed by atoms with E-state index in [-0.39, 0.29) is 30.5 Å². The number of aromatic hydroxyl groups is 1. The van der Waals surface area contributed by atoms with Crippen molar-refractivity contribution in [3.05, 3.63) is 46.6 Å². The van der Waals surface area contributed by atoms with Crippen LogP contribution in [0.4, 0.5) is 23.7 Å². The molecule has 0 aromatic heterocycles. The van der Waals surface area contributed by atoms with E-state index in [0.29, 0.717) is 11.9 Å². The van der Waals surface area contributed by atoms with E-state index in [1.165, 1.54) is 27.0 Å². The Morgan fingerprint density at radius 3 is 2.38 bits per heavy atom. The number of hydrogen-bond acceptors (Lipinski definition) is 8. The van der Waals surface area contributed by atoms with Crippen molar-refractivity contribution in [3.63, 3.8) is 0 Å². The minimum Gasteiger partial charge on any atom is -0.507 e. The van der Waals surface area contributed by atoms with Gasteiger partial charge < -0.3 is 40.6 Å². The molecule has 0 saturated carbocycles. The number of aliphatic hydroxyl groups is 2. The second-order valence-electron chi connectivity index (χ2n) is 10.7. The van der Waals surface area contributed by atoms with Crippen molar-refractivity contribution in [3.8, 4) is 5.75 Å². The third-order valence-corrected chi connectivity index (χ3v) is 7.46. The second kappa shape index (κ2) is 14.7. The van der Waals surface area contributed by atoms with Gasteiger partial charge in [0.2, 0.25) is 0 Å². The monoisotopic (exact) mass is 600 g/mol. The van der Waals surface area contributed by atoms with Gasteiger partial charge in [0.15, 0.2) is 0 Å². The second-order valence-corrected chi connectivity index (χ2v) is 10.7. The summed E-state index contributed by atoms with van der Waals surface area (Å²) in [5.74, 6) is -4.31. The minimum absolute atomic E-state index is 0.106. The topological polar surface area (TPSA) is 168 Å². The number of carbonyl (C=O) groups excluding carboxylic acids is 3. The Bertz CT molecular complexity index is 1200. The Kier molecular flexibility index (Phi) is 12.1. The van der Waals surface area contributed by atoms with Crippen molar-refractivity contribution in [2.24, 2.45) is 23.5 Å². The molecule has 0 aliphatic carbocycles. The molecular formula is C29H39F3N2O8. The van der Waals surface area contributed by atoms with E-state index < -0.39 is 77.2 Å². The van der Waals surface area contributed by atoms with E-state index in [9.17, 15) is 42.9 Å². The molecule has 1 heterocycles. The van der Waals surface area contributed by atoms with Crippen LogP contribution in [0.3, 0.4) is 0 Å². The van der Waals surface area contributed by atoms with Crippen molar-refractivity contribution < 1.29 is 52.3 Å². The van der Waals surface area contributed by atoms with E-state index in [1.54, 1.807) is 19.9 Å². The Morgan fingerprint density at radius 1 is 1.19 bits per heavy atom. The van der Waals surface area contributed by atoms with Crippen LogP contribution >= 0.6 is 0 Å². The first-order chi connectivity index (χ1) is 19.5. The predicted molar refractivity (Wildman–Crippen MR) is 147 cm³/mol. The van der Waals surface area contributed by atoms with E-state index in [2.05, 4.69) is 5.32 Å². The molecule has 0 unspecified atom stereocenters. The fourth-order valence-corrected chi connectivity index (χ4v) is 5.14. The van der Waals surface area contributed by atoms with Crippen LogP contribution in [0.2, 0.25) is 0 Å². The maximum absolute atomic E-state index is 14.0. The van der Waals surface area contributed by atoms with E-state index in [4.69, 9.17) is 15.2 Å². The SMILES string of the molecule is CO[C@H]1C[C@H](C)[C@@H](O)c2cc(cc(O)c2C(F)(F)F)NC(=O)/C(C)=C/CC[C@H](C=O)[C@@H](OC(N)=O)/C(C)=C/[C@H](C)[C@H]1O.